The maximum atomic E-state index is 12.5. The summed E-state index contributed by atoms with van der Waals surface area (Å²) in [5.74, 6) is 1.12. The molecule has 0 spiro atoms. The first-order valence-corrected chi connectivity index (χ1v) is 8.74. The summed E-state index contributed by atoms with van der Waals surface area (Å²) in [6.07, 6.45) is 0.248. The molecule has 6 heteroatoms. The van der Waals surface area contributed by atoms with Crippen molar-refractivity contribution in [3.63, 3.8) is 0 Å². The number of carbonyl (C=O) groups is 2. The van der Waals surface area contributed by atoms with E-state index in [0.29, 0.717) is 24.6 Å². The van der Waals surface area contributed by atoms with E-state index in [0.717, 1.165) is 11.3 Å². The molecule has 0 radical (unpaired) electrons. The third-order valence-corrected chi connectivity index (χ3v) is 4.38. The predicted molar refractivity (Wildman–Crippen MR) is 105 cm³/mol. The zero-order chi connectivity index (χ0) is 19.8. The standard InChI is InChI=1S/C21H26N2O4/c1-16(24)23(15-17-10-11-19(26-3)20(14-17)27-4)13-12-21(25)22(2)18-8-6-5-7-9-18/h5-11,14H,12-13,15H2,1-4H3. The van der Waals surface area contributed by atoms with Crippen molar-refractivity contribution in [1.82, 2.24) is 4.90 Å². The number of hydrogen-bond acceptors (Lipinski definition) is 4. The number of carbonyl (C=O) groups excluding carboxylic acids is 2. The van der Waals surface area contributed by atoms with Crippen LogP contribution in [0.2, 0.25) is 0 Å². The number of amides is 2. The van der Waals surface area contributed by atoms with Gasteiger partial charge in [0, 0.05) is 39.2 Å². The summed E-state index contributed by atoms with van der Waals surface area (Å²) in [7, 11) is 4.89. The number of methoxy groups -OCH3 is 2. The van der Waals surface area contributed by atoms with Crippen molar-refractivity contribution in [2.75, 3.05) is 32.7 Å². The lowest BCUT2D eigenvalue weighted by Gasteiger charge is -2.23. The molecule has 0 aliphatic carbocycles. The van der Waals surface area contributed by atoms with Gasteiger partial charge < -0.3 is 19.3 Å². The van der Waals surface area contributed by atoms with Crippen molar-refractivity contribution in [3.05, 3.63) is 54.1 Å². The monoisotopic (exact) mass is 370 g/mol. The van der Waals surface area contributed by atoms with Crippen molar-refractivity contribution in [2.45, 2.75) is 19.9 Å². The van der Waals surface area contributed by atoms with Gasteiger partial charge in [-0.15, -0.1) is 0 Å². The lowest BCUT2D eigenvalue weighted by atomic mass is 10.1. The highest BCUT2D eigenvalue weighted by atomic mass is 16.5. The van der Waals surface area contributed by atoms with Crippen LogP contribution in [-0.2, 0) is 16.1 Å². The molecule has 0 saturated carbocycles. The van der Waals surface area contributed by atoms with Gasteiger partial charge in [0.2, 0.25) is 11.8 Å². The molecule has 0 aromatic heterocycles. The molecular formula is C21H26N2O4. The molecule has 2 aromatic carbocycles. The topological polar surface area (TPSA) is 59.1 Å². The average Bonchev–Trinajstić information content (AvgIpc) is 2.70. The van der Waals surface area contributed by atoms with E-state index in [9.17, 15) is 9.59 Å². The second-order valence-corrected chi connectivity index (χ2v) is 6.17. The minimum atomic E-state index is -0.0834. The second-order valence-electron chi connectivity index (χ2n) is 6.17. The van der Waals surface area contributed by atoms with Gasteiger partial charge in [0.15, 0.2) is 11.5 Å². The van der Waals surface area contributed by atoms with Crippen LogP contribution < -0.4 is 14.4 Å². The van der Waals surface area contributed by atoms with Gasteiger partial charge in [-0.1, -0.05) is 24.3 Å². The quantitative estimate of drug-likeness (QED) is 0.716. The summed E-state index contributed by atoms with van der Waals surface area (Å²) >= 11 is 0. The Morgan fingerprint density at radius 3 is 2.22 bits per heavy atom. The molecule has 0 bridgehead atoms. The first-order chi connectivity index (χ1) is 13.0. The van der Waals surface area contributed by atoms with Crippen molar-refractivity contribution in [2.24, 2.45) is 0 Å². The van der Waals surface area contributed by atoms with Crippen LogP contribution in [0.3, 0.4) is 0 Å². The Morgan fingerprint density at radius 2 is 1.63 bits per heavy atom. The predicted octanol–water partition coefficient (Wildman–Crippen LogP) is 3.11. The van der Waals surface area contributed by atoms with E-state index < -0.39 is 0 Å². The normalized spacial score (nSPS) is 10.2. The zero-order valence-electron chi connectivity index (χ0n) is 16.3. The number of benzene rings is 2. The Labute approximate surface area is 160 Å². The molecule has 0 aliphatic rings. The van der Waals surface area contributed by atoms with Gasteiger partial charge in [-0.2, -0.15) is 0 Å². The summed E-state index contributed by atoms with van der Waals surface area (Å²) < 4.78 is 10.5. The van der Waals surface area contributed by atoms with Gasteiger partial charge in [0.25, 0.3) is 0 Å². The minimum Gasteiger partial charge on any atom is -0.493 e. The molecule has 0 atom stereocenters. The highest BCUT2D eigenvalue weighted by Crippen LogP contribution is 2.28. The van der Waals surface area contributed by atoms with Crippen LogP contribution in [0.1, 0.15) is 18.9 Å². The molecule has 0 aliphatic heterocycles. The number of para-hydroxylation sites is 1. The van der Waals surface area contributed by atoms with Gasteiger partial charge >= 0.3 is 0 Å². The molecule has 0 unspecified atom stereocenters. The van der Waals surface area contributed by atoms with Crippen LogP contribution in [0.15, 0.2) is 48.5 Å². The maximum Gasteiger partial charge on any atom is 0.228 e. The Morgan fingerprint density at radius 1 is 0.963 bits per heavy atom. The molecule has 144 valence electrons. The van der Waals surface area contributed by atoms with Crippen molar-refractivity contribution >= 4 is 17.5 Å². The molecule has 2 aromatic rings. The number of nitrogens with zero attached hydrogens (tertiary/aromatic N) is 2. The van der Waals surface area contributed by atoms with E-state index in [2.05, 4.69) is 0 Å². The zero-order valence-corrected chi connectivity index (χ0v) is 16.3. The van der Waals surface area contributed by atoms with Gasteiger partial charge in [0.05, 0.1) is 14.2 Å². The first kappa shape index (κ1) is 20.3. The summed E-state index contributed by atoms with van der Waals surface area (Å²) in [4.78, 5) is 27.7. The Balaban J connectivity index is 2.01. The number of anilines is 1. The minimum absolute atomic E-state index is 0.0419. The number of rotatable bonds is 8. The lowest BCUT2D eigenvalue weighted by molar-refractivity contribution is -0.130. The van der Waals surface area contributed by atoms with Crippen LogP contribution in [0.4, 0.5) is 5.69 Å². The Kier molecular flexibility index (Phi) is 7.23. The molecule has 2 amide bonds. The highest BCUT2D eigenvalue weighted by Gasteiger charge is 2.16. The van der Waals surface area contributed by atoms with E-state index in [1.54, 1.807) is 37.1 Å². The molecule has 0 heterocycles. The summed E-state index contributed by atoms with van der Waals surface area (Å²) in [6, 6.07) is 15.0. The van der Waals surface area contributed by atoms with Gasteiger partial charge in [-0.3, -0.25) is 9.59 Å². The fraction of sp³-hybridized carbons (Fsp3) is 0.333. The molecule has 0 N–H and O–H groups in total. The summed E-state index contributed by atoms with van der Waals surface area (Å²) in [6.45, 7) is 2.25. The van der Waals surface area contributed by atoms with Crippen LogP contribution in [0.25, 0.3) is 0 Å². The third-order valence-electron chi connectivity index (χ3n) is 4.38. The van der Waals surface area contributed by atoms with Gasteiger partial charge in [-0.25, -0.2) is 0 Å². The summed E-state index contributed by atoms with van der Waals surface area (Å²) in [5.41, 5.74) is 1.74. The Hall–Kier alpha value is -3.02. The van der Waals surface area contributed by atoms with E-state index in [1.807, 2.05) is 42.5 Å². The largest absolute Gasteiger partial charge is 0.493 e. The number of hydrogen-bond donors (Lipinski definition) is 0. The molecule has 0 fully saturated rings. The Bertz CT molecular complexity index is 777. The van der Waals surface area contributed by atoms with Crippen LogP contribution in [-0.4, -0.2) is 44.5 Å². The third kappa shape index (κ3) is 5.48. The molecule has 27 heavy (non-hydrogen) atoms. The second kappa shape index (κ2) is 9.62. The fourth-order valence-corrected chi connectivity index (χ4v) is 2.74. The van der Waals surface area contributed by atoms with Crippen molar-refractivity contribution < 1.29 is 19.1 Å². The van der Waals surface area contributed by atoms with E-state index in [-0.39, 0.29) is 18.2 Å². The van der Waals surface area contributed by atoms with Crippen LogP contribution in [0, 0.1) is 0 Å². The van der Waals surface area contributed by atoms with E-state index in [4.69, 9.17) is 9.47 Å². The summed E-state index contributed by atoms with van der Waals surface area (Å²) in [5, 5.41) is 0. The molecule has 0 saturated heterocycles. The van der Waals surface area contributed by atoms with E-state index in [1.165, 1.54) is 6.92 Å². The molecule has 6 nitrogen and oxygen atoms in total. The maximum absolute atomic E-state index is 12.5. The van der Waals surface area contributed by atoms with E-state index >= 15 is 0 Å². The molecular weight excluding hydrogens is 344 g/mol. The molecule has 2 rings (SSSR count). The number of ether oxygens (including phenoxy) is 2. The smallest absolute Gasteiger partial charge is 0.228 e. The lowest BCUT2D eigenvalue weighted by Crippen LogP contribution is -2.34. The fourth-order valence-electron chi connectivity index (χ4n) is 2.74. The van der Waals surface area contributed by atoms with Gasteiger partial charge in [-0.05, 0) is 29.8 Å². The van der Waals surface area contributed by atoms with Gasteiger partial charge in [0.1, 0.15) is 0 Å². The first-order valence-electron chi connectivity index (χ1n) is 8.74. The van der Waals surface area contributed by atoms with Crippen molar-refractivity contribution in [3.8, 4) is 11.5 Å². The van der Waals surface area contributed by atoms with Crippen LogP contribution >= 0.6 is 0 Å². The average molecular weight is 370 g/mol. The van der Waals surface area contributed by atoms with Crippen molar-refractivity contribution in [1.29, 1.82) is 0 Å². The SMILES string of the molecule is COc1ccc(CN(CCC(=O)N(C)c2ccccc2)C(C)=O)cc1OC. The van der Waals surface area contributed by atoms with Crippen LogP contribution in [0.5, 0.6) is 11.5 Å². The highest BCUT2D eigenvalue weighted by molar-refractivity contribution is 5.93.